The highest BCUT2D eigenvalue weighted by molar-refractivity contribution is 5.78. The molecule has 0 saturated carbocycles. The van der Waals surface area contributed by atoms with Gasteiger partial charge in [0.15, 0.2) is 0 Å². The molecule has 1 N–H and O–H groups in total. The van der Waals surface area contributed by atoms with Gasteiger partial charge in [-0.2, -0.15) is 0 Å². The van der Waals surface area contributed by atoms with E-state index < -0.39 is 0 Å². The molecule has 0 bridgehead atoms. The summed E-state index contributed by atoms with van der Waals surface area (Å²) in [6.07, 6.45) is 3.46. The molecular formula is C13H25NO2. The zero-order chi connectivity index (χ0) is 12.6. The first-order valence-corrected chi connectivity index (χ1v) is 6.23. The van der Waals surface area contributed by atoms with Gasteiger partial charge in [0.2, 0.25) is 5.91 Å². The van der Waals surface area contributed by atoms with Crippen molar-refractivity contribution < 1.29 is 9.59 Å². The molecule has 0 aliphatic heterocycles. The Morgan fingerprint density at radius 3 is 2.06 bits per heavy atom. The number of hydrogen-bond donors (Lipinski definition) is 1. The highest BCUT2D eigenvalue weighted by Gasteiger charge is 2.06. The number of carbonyl (C=O) groups excluding carboxylic acids is 2. The normalized spacial score (nSPS) is 10.9. The molecule has 0 aliphatic carbocycles. The van der Waals surface area contributed by atoms with Crippen LogP contribution in [0.15, 0.2) is 0 Å². The minimum Gasteiger partial charge on any atom is -0.354 e. The van der Waals surface area contributed by atoms with Crippen molar-refractivity contribution in [1.82, 2.24) is 5.32 Å². The predicted octanol–water partition coefficient (Wildman–Crippen LogP) is 2.69. The van der Waals surface area contributed by atoms with Crippen molar-refractivity contribution >= 4 is 11.7 Å². The van der Waals surface area contributed by atoms with Crippen LogP contribution in [0.5, 0.6) is 0 Å². The molecule has 0 unspecified atom stereocenters. The van der Waals surface area contributed by atoms with Gasteiger partial charge in [-0.1, -0.05) is 13.8 Å². The molecule has 0 aromatic rings. The standard InChI is InChI=1S/C13H25NO2/c1-10(2)9-12(15)7-5-6-8-13(16)14-11(3)4/h10-11H,5-9H2,1-4H3,(H,14,16). The van der Waals surface area contributed by atoms with Crippen molar-refractivity contribution in [3.8, 4) is 0 Å². The lowest BCUT2D eigenvalue weighted by molar-refractivity contribution is -0.122. The Morgan fingerprint density at radius 2 is 1.56 bits per heavy atom. The second-order valence-corrected chi connectivity index (χ2v) is 5.07. The van der Waals surface area contributed by atoms with E-state index in [4.69, 9.17) is 0 Å². The van der Waals surface area contributed by atoms with Crippen LogP contribution in [0.3, 0.4) is 0 Å². The molecule has 3 heteroatoms. The zero-order valence-electron chi connectivity index (χ0n) is 11.0. The van der Waals surface area contributed by atoms with Gasteiger partial charge in [-0.3, -0.25) is 9.59 Å². The van der Waals surface area contributed by atoms with Crippen molar-refractivity contribution in [2.75, 3.05) is 0 Å². The predicted molar refractivity (Wildman–Crippen MR) is 66.2 cm³/mol. The third kappa shape index (κ3) is 9.69. The van der Waals surface area contributed by atoms with Gasteiger partial charge < -0.3 is 5.32 Å². The van der Waals surface area contributed by atoms with E-state index in [2.05, 4.69) is 5.32 Å². The third-order valence-corrected chi connectivity index (χ3v) is 2.20. The minimum absolute atomic E-state index is 0.0892. The van der Waals surface area contributed by atoms with Crippen LogP contribution in [0.25, 0.3) is 0 Å². The number of Topliss-reactive ketones (excluding diaryl/α,β-unsaturated/α-hetero) is 1. The van der Waals surface area contributed by atoms with E-state index in [1.54, 1.807) is 0 Å². The summed E-state index contributed by atoms with van der Waals surface area (Å²) in [5.74, 6) is 0.849. The summed E-state index contributed by atoms with van der Waals surface area (Å²) >= 11 is 0. The van der Waals surface area contributed by atoms with Crippen molar-refractivity contribution in [2.45, 2.75) is 65.8 Å². The lowest BCUT2D eigenvalue weighted by Crippen LogP contribution is -2.29. The van der Waals surface area contributed by atoms with Gasteiger partial charge in [0, 0.05) is 25.3 Å². The summed E-state index contributed by atoms with van der Waals surface area (Å²) < 4.78 is 0. The second kappa shape index (κ2) is 8.31. The Kier molecular flexibility index (Phi) is 7.86. The number of carbonyl (C=O) groups is 2. The van der Waals surface area contributed by atoms with Crippen LogP contribution in [0.4, 0.5) is 0 Å². The van der Waals surface area contributed by atoms with Crippen molar-refractivity contribution in [3.63, 3.8) is 0 Å². The summed E-state index contributed by atoms with van der Waals surface area (Å²) in [6.45, 7) is 8.00. The summed E-state index contributed by atoms with van der Waals surface area (Å²) in [6, 6.07) is 0.204. The van der Waals surface area contributed by atoms with Crippen LogP contribution in [0, 0.1) is 5.92 Å². The quantitative estimate of drug-likeness (QED) is 0.648. The molecule has 0 aromatic heterocycles. The Labute approximate surface area is 99.0 Å². The number of amides is 1. The number of unbranched alkanes of at least 4 members (excludes halogenated alkanes) is 1. The average Bonchev–Trinajstić information content (AvgIpc) is 2.10. The molecule has 3 nitrogen and oxygen atoms in total. The fraction of sp³-hybridized carbons (Fsp3) is 0.846. The zero-order valence-corrected chi connectivity index (χ0v) is 11.0. The topological polar surface area (TPSA) is 46.2 Å². The molecular weight excluding hydrogens is 202 g/mol. The summed E-state index contributed by atoms with van der Waals surface area (Å²) in [4.78, 5) is 22.7. The van der Waals surface area contributed by atoms with E-state index in [1.165, 1.54) is 0 Å². The fourth-order valence-corrected chi connectivity index (χ4v) is 1.56. The molecule has 1 amide bonds. The van der Waals surface area contributed by atoms with Crippen LogP contribution in [-0.2, 0) is 9.59 Å². The van der Waals surface area contributed by atoms with Gasteiger partial charge in [-0.05, 0) is 32.6 Å². The molecule has 0 radical (unpaired) electrons. The van der Waals surface area contributed by atoms with Crippen LogP contribution < -0.4 is 5.32 Å². The highest BCUT2D eigenvalue weighted by Crippen LogP contribution is 2.07. The first-order chi connectivity index (χ1) is 7.41. The number of hydrogen-bond acceptors (Lipinski definition) is 2. The second-order valence-electron chi connectivity index (χ2n) is 5.07. The van der Waals surface area contributed by atoms with E-state index in [1.807, 2.05) is 27.7 Å². The Balaban J connectivity index is 3.46. The maximum atomic E-state index is 11.4. The Hall–Kier alpha value is -0.860. The van der Waals surface area contributed by atoms with Gasteiger partial charge in [-0.15, -0.1) is 0 Å². The molecule has 0 aromatic carbocycles. The molecule has 16 heavy (non-hydrogen) atoms. The van der Waals surface area contributed by atoms with Crippen molar-refractivity contribution in [2.24, 2.45) is 5.92 Å². The Bertz CT molecular complexity index is 198. The van der Waals surface area contributed by atoms with E-state index in [0.717, 1.165) is 12.8 Å². The van der Waals surface area contributed by atoms with Gasteiger partial charge in [0.05, 0.1) is 0 Å². The van der Waals surface area contributed by atoms with Crippen LogP contribution in [-0.4, -0.2) is 17.7 Å². The number of rotatable bonds is 8. The maximum absolute atomic E-state index is 11.4. The lowest BCUT2D eigenvalue weighted by atomic mass is 10.0. The smallest absolute Gasteiger partial charge is 0.220 e. The molecule has 0 saturated heterocycles. The summed E-state index contributed by atoms with van der Waals surface area (Å²) in [7, 11) is 0. The molecule has 0 atom stereocenters. The van der Waals surface area contributed by atoms with Crippen molar-refractivity contribution in [1.29, 1.82) is 0 Å². The van der Waals surface area contributed by atoms with E-state index in [9.17, 15) is 9.59 Å². The van der Waals surface area contributed by atoms with E-state index in [-0.39, 0.29) is 11.9 Å². The van der Waals surface area contributed by atoms with Crippen molar-refractivity contribution in [3.05, 3.63) is 0 Å². The van der Waals surface area contributed by atoms with Gasteiger partial charge in [0.25, 0.3) is 0 Å². The van der Waals surface area contributed by atoms with Gasteiger partial charge in [0.1, 0.15) is 5.78 Å². The molecule has 0 heterocycles. The average molecular weight is 227 g/mol. The summed E-state index contributed by atoms with van der Waals surface area (Å²) in [5.41, 5.74) is 0. The van der Waals surface area contributed by atoms with Gasteiger partial charge in [-0.25, -0.2) is 0 Å². The molecule has 0 rings (SSSR count). The molecule has 0 aliphatic rings. The Morgan fingerprint density at radius 1 is 1.00 bits per heavy atom. The minimum atomic E-state index is 0.0892. The number of ketones is 1. The first kappa shape index (κ1) is 15.1. The first-order valence-electron chi connectivity index (χ1n) is 6.23. The summed E-state index contributed by atoms with van der Waals surface area (Å²) in [5, 5.41) is 2.84. The molecule has 94 valence electrons. The van der Waals surface area contributed by atoms with Crippen LogP contribution >= 0.6 is 0 Å². The van der Waals surface area contributed by atoms with E-state index in [0.29, 0.717) is 31.0 Å². The largest absolute Gasteiger partial charge is 0.354 e. The van der Waals surface area contributed by atoms with Crippen LogP contribution in [0.2, 0.25) is 0 Å². The monoisotopic (exact) mass is 227 g/mol. The highest BCUT2D eigenvalue weighted by atomic mass is 16.1. The van der Waals surface area contributed by atoms with Gasteiger partial charge >= 0.3 is 0 Å². The molecule has 0 fully saturated rings. The number of nitrogens with one attached hydrogen (secondary N) is 1. The maximum Gasteiger partial charge on any atom is 0.220 e. The van der Waals surface area contributed by atoms with E-state index >= 15 is 0 Å². The lowest BCUT2D eigenvalue weighted by Gasteiger charge is -2.08. The van der Waals surface area contributed by atoms with Crippen LogP contribution in [0.1, 0.15) is 59.8 Å². The third-order valence-electron chi connectivity index (χ3n) is 2.20. The SMILES string of the molecule is CC(C)CC(=O)CCCCC(=O)NC(C)C. The molecule has 0 spiro atoms. The fourth-order valence-electron chi connectivity index (χ4n) is 1.56.